The highest BCUT2D eigenvalue weighted by atomic mass is 15.4. The lowest BCUT2D eigenvalue weighted by Gasteiger charge is -2.08. The van der Waals surface area contributed by atoms with E-state index in [0.29, 0.717) is 0 Å². The van der Waals surface area contributed by atoms with Crippen molar-refractivity contribution in [3.05, 3.63) is 18.5 Å². The molecule has 74 valence electrons. The van der Waals surface area contributed by atoms with E-state index in [0.717, 1.165) is 24.1 Å². The molecule has 2 aromatic rings. The molecule has 0 aliphatic heterocycles. The fourth-order valence-electron chi connectivity index (χ4n) is 1.28. The minimum Gasteiger partial charge on any atom is -0.308 e. The minimum absolute atomic E-state index is 0.853. The first-order valence-electron chi connectivity index (χ1n) is 4.55. The zero-order valence-corrected chi connectivity index (χ0v) is 8.38. The molecule has 0 N–H and O–H groups in total. The Morgan fingerprint density at radius 1 is 1.43 bits per heavy atom. The van der Waals surface area contributed by atoms with Gasteiger partial charge in [-0.3, -0.25) is 4.98 Å². The van der Waals surface area contributed by atoms with Gasteiger partial charge in [0.25, 0.3) is 0 Å². The van der Waals surface area contributed by atoms with Gasteiger partial charge in [0.1, 0.15) is 5.52 Å². The van der Waals surface area contributed by atoms with Gasteiger partial charge in [-0.2, -0.15) is 0 Å². The van der Waals surface area contributed by atoms with Crippen molar-refractivity contribution in [2.75, 3.05) is 20.6 Å². The molecule has 5 nitrogen and oxygen atoms in total. The summed E-state index contributed by atoms with van der Waals surface area (Å²) in [6.07, 6.45) is 3.49. The molecular weight excluding hydrogens is 178 g/mol. The summed E-state index contributed by atoms with van der Waals surface area (Å²) in [5, 5.41) is 8.10. The summed E-state index contributed by atoms with van der Waals surface area (Å²) in [6.45, 7) is 1.81. The Morgan fingerprint density at radius 2 is 2.29 bits per heavy atom. The summed E-state index contributed by atoms with van der Waals surface area (Å²) < 4.78 is 1.90. The minimum atomic E-state index is 0.853. The highest BCUT2D eigenvalue weighted by Gasteiger charge is 2.02. The van der Waals surface area contributed by atoms with E-state index >= 15 is 0 Å². The van der Waals surface area contributed by atoms with E-state index in [-0.39, 0.29) is 0 Å². The summed E-state index contributed by atoms with van der Waals surface area (Å²) in [5.41, 5.74) is 1.90. The second-order valence-electron chi connectivity index (χ2n) is 3.48. The molecule has 2 aromatic heterocycles. The molecule has 0 bridgehead atoms. The zero-order valence-electron chi connectivity index (χ0n) is 8.38. The monoisotopic (exact) mass is 191 g/mol. The van der Waals surface area contributed by atoms with Crippen LogP contribution in [-0.2, 0) is 6.54 Å². The van der Waals surface area contributed by atoms with E-state index in [1.165, 1.54) is 0 Å². The van der Waals surface area contributed by atoms with Crippen molar-refractivity contribution in [2.24, 2.45) is 0 Å². The van der Waals surface area contributed by atoms with Crippen LogP contribution in [0.2, 0.25) is 0 Å². The second-order valence-corrected chi connectivity index (χ2v) is 3.48. The van der Waals surface area contributed by atoms with E-state index in [9.17, 15) is 0 Å². The highest BCUT2D eigenvalue weighted by molar-refractivity contribution is 5.72. The topological polar surface area (TPSA) is 46.8 Å². The molecule has 0 aromatic carbocycles. The van der Waals surface area contributed by atoms with Crippen LogP contribution in [0.1, 0.15) is 0 Å². The van der Waals surface area contributed by atoms with Gasteiger partial charge in [0.2, 0.25) is 0 Å². The van der Waals surface area contributed by atoms with Crippen LogP contribution in [0.5, 0.6) is 0 Å². The summed E-state index contributed by atoms with van der Waals surface area (Å²) in [6, 6.07) is 1.94. The largest absolute Gasteiger partial charge is 0.308 e. The average molecular weight is 191 g/mol. The van der Waals surface area contributed by atoms with Gasteiger partial charge < -0.3 is 4.90 Å². The molecule has 14 heavy (non-hydrogen) atoms. The molecule has 0 aliphatic rings. The molecular formula is C9H13N5. The summed E-state index contributed by atoms with van der Waals surface area (Å²) in [7, 11) is 4.08. The molecule has 0 saturated carbocycles. The van der Waals surface area contributed by atoms with E-state index < -0.39 is 0 Å². The van der Waals surface area contributed by atoms with Gasteiger partial charge in [-0.25, -0.2) is 4.68 Å². The van der Waals surface area contributed by atoms with Crippen LogP contribution in [-0.4, -0.2) is 45.5 Å². The van der Waals surface area contributed by atoms with Gasteiger partial charge in [0.05, 0.1) is 18.3 Å². The molecule has 0 atom stereocenters. The van der Waals surface area contributed by atoms with Crippen LogP contribution in [0.3, 0.4) is 0 Å². The number of hydrogen-bond donors (Lipinski definition) is 0. The van der Waals surface area contributed by atoms with Crippen LogP contribution in [0.15, 0.2) is 18.5 Å². The van der Waals surface area contributed by atoms with Crippen LogP contribution >= 0.6 is 0 Å². The van der Waals surface area contributed by atoms with Crippen molar-refractivity contribution in [1.29, 1.82) is 0 Å². The number of nitrogens with zero attached hydrogens (tertiary/aromatic N) is 5. The van der Waals surface area contributed by atoms with Gasteiger partial charge in [0, 0.05) is 12.7 Å². The predicted molar refractivity (Wildman–Crippen MR) is 53.9 cm³/mol. The molecule has 0 unspecified atom stereocenters. The number of aromatic nitrogens is 4. The molecule has 5 heteroatoms. The Bertz CT molecular complexity index is 420. The van der Waals surface area contributed by atoms with E-state index in [2.05, 4.69) is 20.2 Å². The molecule has 0 aliphatic carbocycles. The Morgan fingerprint density at radius 3 is 3.07 bits per heavy atom. The maximum Gasteiger partial charge on any atom is 0.131 e. The number of likely N-dealkylation sites (N-methyl/N-ethyl adjacent to an activating group) is 1. The normalized spacial score (nSPS) is 11.4. The van der Waals surface area contributed by atoms with Crippen molar-refractivity contribution < 1.29 is 0 Å². The molecule has 2 rings (SSSR count). The van der Waals surface area contributed by atoms with Gasteiger partial charge in [-0.05, 0) is 20.2 Å². The number of fused-ring (bicyclic) bond motifs is 1. The molecule has 0 radical (unpaired) electrons. The van der Waals surface area contributed by atoms with Crippen molar-refractivity contribution in [3.8, 4) is 0 Å². The molecule has 0 fully saturated rings. The molecule has 0 saturated heterocycles. The Balaban J connectivity index is 2.25. The lowest BCUT2D eigenvalue weighted by atomic mass is 10.4. The van der Waals surface area contributed by atoms with E-state index in [4.69, 9.17) is 0 Å². The maximum absolute atomic E-state index is 4.07. The highest BCUT2D eigenvalue weighted by Crippen LogP contribution is 2.07. The first-order valence-corrected chi connectivity index (χ1v) is 4.55. The third-order valence-corrected chi connectivity index (χ3v) is 2.08. The average Bonchev–Trinajstić information content (AvgIpc) is 2.58. The van der Waals surface area contributed by atoms with Crippen LogP contribution in [0.25, 0.3) is 11.0 Å². The van der Waals surface area contributed by atoms with Gasteiger partial charge in [0.15, 0.2) is 0 Å². The van der Waals surface area contributed by atoms with Gasteiger partial charge in [-0.15, -0.1) is 5.10 Å². The fraction of sp³-hybridized carbons (Fsp3) is 0.444. The lowest BCUT2D eigenvalue weighted by Crippen LogP contribution is -2.18. The van der Waals surface area contributed by atoms with Gasteiger partial charge >= 0.3 is 0 Å². The summed E-state index contributed by atoms with van der Waals surface area (Å²) in [4.78, 5) is 6.11. The SMILES string of the molecule is CN(C)CCn1nnc2cnccc21. The fourth-order valence-corrected chi connectivity index (χ4v) is 1.28. The lowest BCUT2D eigenvalue weighted by molar-refractivity contribution is 0.374. The number of rotatable bonds is 3. The third-order valence-electron chi connectivity index (χ3n) is 2.08. The predicted octanol–water partition coefficient (Wildman–Crippen LogP) is 0.388. The Hall–Kier alpha value is -1.49. The van der Waals surface area contributed by atoms with Crippen molar-refractivity contribution in [1.82, 2.24) is 24.9 Å². The molecule has 2 heterocycles. The van der Waals surface area contributed by atoms with Crippen molar-refractivity contribution >= 4 is 11.0 Å². The van der Waals surface area contributed by atoms with Crippen LogP contribution < -0.4 is 0 Å². The number of hydrogen-bond acceptors (Lipinski definition) is 4. The van der Waals surface area contributed by atoms with Crippen molar-refractivity contribution in [2.45, 2.75) is 6.54 Å². The maximum atomic E-state index is 4.07. The van der Waals surface area contributed by atoms with Crippen molar-refractivity contribution in [3.63, 3.8) is 0 Å². The standard InChI is InChI=1S/C9H13N5/c1-13(2)5-6-14-9-3-4-10-7-8(9)11-12-14/h3-4,7H,5-6H2,1-2H3. The van der Waals surface area contributed by atoms with Crippen LogP contribution in [0, 0.1) is 0 Å². The smallest absolute Gasteiger partial charge is 0.131 e. The zero-order chi connectivity index (χ0) is 9.97. The van der Waals surface area contributed by atoms with Gasteiger partial charge in [-0.1, -0.05) is 5.21 Å². The quantitative estimate of drug-likeness (QED) is 0.704. The molecule has 0 spiro atoms. The van der Waals surface area contributed by atoms with E-state index in [1.807, 2.05) is 24.8 Å². The first-order chi connectivity index (χ1) is 6.77. The summed E-state index contributed by atoms with van der Waals surface area (Å²) >= 11 is 0. The van der Waals surface area contributed by atoms with Crippen LogP contribution in [0.4, 0.5) is 0 Å². The Labute approximate surface area is 82.3 Å². The second kappa shape index (κ2) is 3.71. The third kappa shape index (κ3) is 1.72. The Kier molecular flexibility index (Phi) is 2.41. The molecule has 0 amide bonds. The van der Waals surface area contributed by atoms with E-state index in [1.54, 1.807) is 12.4 Å². The summed E-state index contributed by atoms with van der Waals surface area (Å²) in [5.74, 6) is 0. The first kappa shape index (κ1) is 9.08. The number of pyridine rings is 1.